The van der Waals surface area contributed by atoms with Crippen LogP contribution in [0.1, 0.15) is 43.7 Å². The molecule has 1 aliphatic carbocycles. The molecule has 2 aromatic rings. The van der Waals surface area contributed by atoms with Gasteiger partial charge in [-0.1, -0.05) is 26.0 Å². The van der Waals surface area contributed by atoms with Crippen LogP contribution in [0.4, 0.5) is 11.5 Å². The molecule has 0 saturated carbocycles. The molecular weight excluding hydrogens is 368 g/mol. The summed E-state index contributed by atoms with van der Waals surface area (Å²) in [7, 11) is 5.54. The van der Waals surface area contributed by atoms with E-state index in [-0.39, 0.29) is 11.2 Å². The Hall–Kier alpha value is -3.09. The first-order valence-corrected chi connectivity index (χ1v) is 9.73. The summed E-state index contributed by atoms with van der Waals surface area (Å²) in [6.45, 7) is 4.12. The van der Waals surface area contributed by atoms with Crippen LogP contribution in [0.25, 0.3) is 0 Å². The number of carbonyl (C=O) groups is 1. The van der Waals surface area contributed by atoms with Crippen molar-refractivity contribution < 1.29 is 4.79 Å². The molecule has 7 heteroatoms. The third kappa shape index (κ3) is 3.10. The molecule has 0 unspecified atom stereocenters. The number of nitrogens with zero attached hydrogens (tertiary/aromatic N) is 2. The SMILES string of the molecule is CN(C)c1ccc([C@@H]2C3=C(CC(C)(C)CC3=O)Nc3c2c(=O)[nH]c(=O)n3C)cc1. The van der Waals surface area contributed by atoms with Gasteiger partial charge in [-0.25, -0.2) is 4.79 Å². The van der Waals surface area contributed by atoms with E-state index in [0.29, 0.717) is 29.8 Å². The molecule has 4 rings (SSSR count). The number of Topliss-reactive ketones (excluding diaryl/α,β-unsaturated/α-hetero) is 1. The van der Waals surface area contributed by atoms with Crippen molar-refractivity contribution >= 4 is 17.3 Å². The summed E-state index contributed by atoms with van der Waals surface area (Å²) in [5, 5.41) is 3.26. The quantitative estimate of drug-likeness (QED) is 0.816. The molecule has 2 heterocycles. The number of benzene rings is 1. The van der Waals surface area contributed by atoms with Crippen LogP contribution in [0.3, 0.4) is 0 Å². The van der Waals surface area contributed by atoms with Crippen LogP contribution < -0.4 is 21.5 Å². The molecule has 1 atom stereocenters. The second-order valence-electron chi connectivity index (χ2n) is 8.96. The van der Waals surface area contributed by atoms with Crippen LogP contribution in [0.5, 0.6) is 0 Å². The number of anilines is 2. The maximum Gasteiger partial charge on any atom is 0.329 e. The molecule has 1 aromatic carbocycles. The van der Waals surface area contributed by atoms with E-state index in [9.17, 15) is 14.4 Å². The van der Waals surface area contributed by atoms with Crippen LogP contribution >= 0.6 is 0 Å². The van der Waals surface area contributed by atoms with E-state index >= 15 is 0 Å². The van der Waals surface area contributed by atoms with Gasteiger partial charge in [0.15, 0.2) is 5.78 Å². The second-order valence-corrected chi connectivity index (χ2v) is 8.96. The third-order valence-corrected chi connectivity index (χ3v) is 5.87. The van der Waals surface area contributed by atoms with E-state index in [1.807, 2.05) is 43.3 Å². The lowest BCUT2D eigenvalue weighted by molar-refractivity contribution is -0.118. The zero-order chi connectivity index (χ0) is 21.1. The Morgan fingerprint density at radius 2 is 1.72 bits per heavy atom. The fourth-order valence-electron chi connectivity index (χ4n) is 4.42. The lowest BCUT2D eigenvalue weighted by Gasteiger charge is -2.39. The number of hydrogen-bond donors (Lipinski definition) is 2. The first-order chi connectivity index (χ1) is 13.6. The van der Waals surface area contributed by atoms with Crippen molar-refractivity contribution in [1.29, 1.82) is 0 Å². The van der Waals surface area contributed by atoms with Crippen molar-refractivity contribution in [3.63, 3.8) is 0 Å². The topological polar surface area (TPSA) is 87.2 Å². The summed E-state index contributed by atoms with van der Waals surface area (Å²) in [5.74, 6) is 0.00522. The van der Waals surface area contributed by atoms with Gasteiger partial charge in [-0.3, -0.25) is 19.1 Å². The number of hydrogen-bond acceptors (Lipinski definition) is 5. The predicted molar refractivity (Wildman–Crippen MR) is 114 cm³/mol. The highest BCUT2D eigenvalue weighted by atomic mass is 16.2. The maximum absolute atomic E-state index is 13.2. The largest absolute Gasteiger partial charge is 0.378 e. The Labute approximate surface area is 169 Å². The normalized spacial score (nSPS) is 20.0. The van der Waals surface area contributed by atoms with Crippen molar-refractivity contribution in [3.8, 4) is 0 Å². The van der Waals surface area contributed by atoms with Gasteiger partial charge >= 0.3 is 5.69 Å². The molecule has 0 amide bonds. The fraction of sp³-hybridized carbons (Fsp3) is 0.409. The second kappa shape index (κ2) is 6.47. The van der Waals surface area contributed by atoms with Crippen molar-refractivity contribution in [2.24, 2.45) is 12.5 Å². The van der Waals surface area contributed by atoms with Gasteiger partial charge in [0.2, 0.25) is 0 Å². The number of aromatic nitrogens is 2. The Balaban J connectivity index is 1.99. The van der Waals surface area contributed by atoms with E-state index in [1.165, 1.54) is 4.57 Å². The number of carbonyl (C=O) groups excluding carboxylic acids is 1. The minimum atomic E-state index is -0.503. The van der Waals surface area contributed by atoms with Gasteiger partial charge in [-0.05, 0) is 29.5 Å². The number of allylic oxidation sites excluding steroid dienone is 2. The van der Waals surface area contributed by atoms with Gasteiger partial charge in [-0.15, -0.1) is 0 Å². The van der Waals surface area contributed by atoms with E-state index in [4.69, 9.17) is 0 Å². The number of aromatic amines is 1. The Bertz CT molecular complexity index is 1150. The monoisotopic (exact) mass is 394 g/mol. The average molecular weight is 394 g/mol. The molecule has 0 spiro atoms. The van der Waals surface area contributed by atoms with Crippen LogP contribution in [-0.2, 0) is 11.8 Å². The molecule has 1 aliphatic heterocycles. The minimum absolute atomic E-state index is 0.0457. The van der Waals surface area contributed by atoms with Crippen molar-refractivity contribution in [3.05, 3.63) is 67.5 Å². The van der Waals surface area contributed by atoms with Gasteiger partial charge in [0, 0.05) is 50.4 Å². The summed E-state index contributed by atoms with van der Waals surface area (Å²) in [4.78, 5) is 42.6. The number of fused-ring (bicyclic) bond motifs is 1. The molecule has 29 heavy (non-hydrogen) atoms. The number of ketones is 1. The first kappa shape index (κ1) is 19.2. The Morgan fingerprint density at radius 3 is 2.34 bits per heavy atom. The Kier molecular flexibility index (Phi) is 4.29. The number of H-pyrrole nitrogens is 1. The lowest BCUT2D eigenvalue weighted by Crippen LogP contribution is -2.41. The van der Waals surface area contributed by atoms with Crippen LogP contribution in [-0.4, -0.2) is 29.4 Å². The standard InChI is InChI=1S/C22H26N4O3/c1-22(2)10-14-17(15(27)11-22)16(12-6-8-13(9-7-12)25(3)4)18-19(23-14)26(5)21(29)24-20(18)28/h6-9,16,23H,10-11H2,1-5H3,(H,24,28,29)/t16-/m1/s1. The highest BCUT2D eigenvalue weighted by Crippen LogP contribution is 2.47. The molecule has 0 bridgehead atoms. The summed E-state index contributed by atoms with van der Waals surface area (Å²) < 4.78 is 1.41. The smallest absolute Gasteiger partial charge is 0.329 e. The van der Waals surface area contributed by atoms with Gasteiger partial charge in [-0.2, -0.15) is 0 Å². The molecule has 152 valence electrons. The van der Waals surface area contributed by atoms with Gasteiger partial charge < -0.3 is 10.2 Å². The summed E-state index contributed by atoms with van der Waals surface area (Å²) in [6, 6.07) is 7.87. The molecule has 7 nitrogen and oxygen atoms in total. The van der Waals surface area contributed by atoms with Gasteiger partial charge in [0.25, 0.3) is 5.56 Å². The highest BCUT2D eigenvalue weighted by Gasteiger charge is 2.42. The molecular formula is C22H26N4O3. The lowest BCUT2D eigenvalue weighted by atomic mass is 9.69. The van der Waals surface area contributed by atoms with Crippen LogP contribution in [0.2, 0.25) is 0 Å². The van der Waals surface area contributed by atoms with E-state index < -0.39 is 17.2 Å². The third-order valence-electron chi connectivity index (χ3n) is 5.87. The minimum Gasteiger partial charge on any atom is -0.378 e. The first-order valence-electron chi connectivity index (χ1n) is 9.73. The van der Waals surface area contributed by atoms with Crippen molar-refractivity contribution in [1.82, 2.24) is 9.55 Å². The van der Waals surface area contributed by atoms with Gasteiger partial charge in [0.1, 0.15) is 5.82 Å². The van der Waals surface area contributed by atoms with Crippen LogP contribution in [0.15, 0.2) is 45.1 Å². The fourth-order valence-corrected chi connectivity index (χ4v) is 4.42. The molecule has 2 N–H and O–H groups in total. The van der Waals surface area contributed by atoms with E-state index in [1.54, 1.807) is 7.05 Å². The predicted octanol–water partition coefficient (Wildman–Crippen LogP) is 2.34. The summed E-state index contributed by atoms with van der Waals surface area (Å²) in [5.41, 5.74) is 2.64. The van der Waals surface area contributed by atoms with E-state index in [2.05, 4.69) is 24.1 Å². The Morgan fingerprint density at radius 1 is 1.07 bits per heavy atom. The molecule has 0 radical (unpaired) electrons. The van der Waals surface area contributed by atoms with Crippen LogP contribution in [0, 0.1) is 5.41 Å². The van der Waals surface area contributed by atoms with Crippen molar-refractivity contribution in [2.45, 2.75) is 32.6 Å². The molecule has 2 aliphatic rings. The zero-order valence-electron chi connectivity index (χ0n) is 17.4. The van der Waals surface area contributed by atoms with Crippen molar-refractivity contribution in [2.75, 3.05) is 24.3 Å². The maximum atomic E-state index is 13.2. The summed E-state index contributed by atoms with van der Waals surface area (Å²) in [6.07, 6.45) is 1.11. The number of nitrogens with one attached hydrogen (secondary N) is 2. The molecule has 0 saturated heterocycles. The summed E-state index contributed by atoms with van der Waals surface area (Å²) >= 11 is 0. The molecule has 1 aromatic heterocycles. The molecule has 0 fully saturated rings. The van der Waals surface area contributed by atoms with Gasteiger partial charge in [0.05, 0.1) is 5.56 Å². The van der Waals surface area contributed by atoms with E-state index in [0.717, 1.165) is 16.9 Å². The number of rotatable bonds is 2. The zero-order valence-corrected chi connectivity index (χ0v) is 17.4. The average Bonchev–Trinajstić information content (AvgIpc) is 2.63. The highest BCUT2D eigenvalue weighted by molar-refractivity contribution is 6.01.